The van der Waals surface area contributed by atoms with Crippen LogP contribution < -0.4 is 10.6 Å². The molecule has 2 N–H and O–H groups in total. The Labute approximate surface area is 221 Å². The number of para-hydroxylation sites is 1. The van der Waals surface area contributed by atoms with E-state index in [0.29, 0.717) is 11.3 Å². The predicted octanol–water partition coefficient (Wildman–Crippen LogP) is 6.17. The van der Waals surface area contributed by atoms with Crippen molar-refractivity contribution in [2.45, 2.75) is 85.5 Å². The van der Waals surface area contributed by atoms with Gasteiger partial charge in [0.25, 0.3) is 5.91 Å². The smallest absolute Gasteiger partial charge is 0.408 e. The van der Waals surface area contributed by atoms with Gasteiger partial charge < -0.3 is 20.3 Å². The molecule has 0 saturated carbocycles. The monoisotopic (exact) mass is 507 g/mol. The number of anilines is 1. The number of amides is 3. The summed E-state index contributed by atoms with van der Waals surface area (Å²) >= 11 is 0. The molecule has 2 atom stereocenters. The van der Waals surface area contributed by atoms with E-state index in [0.717, 1.165) is 16.7 Å². The summed E-state index contributed by atoms with van der Waals surface area (Å²) in [6, 6.07) is 11.2. The topological polar surface area (TPSA) is 87.7 Å². The molecule has 0 bridgehead atoms. The Bertz CT molecular complexity index is 1140. The van der Waals surface area contributed by atoms with E-state index in [-0.39, 0.29) is 5.91 Å². The summed E-state index contributed by atoms with van der Waals surface area (Å²) in [5, 5.41) is 5.69. The molecule has 2 aromatic rings. The largest absolute Gasteiger partial charge is 0.444 e. The summed E-state index contributed by atoms with van der Waals surface area (Å²) in [4.78, 5) is 41.9. The Morgan fingerprint density at radius 2 is 1.54 bits per heavy atom. The maximum Gasteiger partial charge on any atom is 0.408 e. The second-order valence-electron chi connectivity index (χ2n) is 11.3. The van der Waals surface area contributed by atoms with Crippen LogP contribution in [-0.4, -0.2) is 40.0 Å². The Hall–Kier alpha value is -3.61. The number of carbonyl (C=O) groups is 3. The maximum absolute atomic E-state index is 14.0. The zero-order chi connectivity index (χ0) is 28.1. The number of hydrogen-bond acceptors (Lipinski definition) is 4. The van der Waals surface area contributed by atoms with E-state index < -0.39 is 35.2 Å². The van der Waals surface area contributed by atoms with E-state index in [1.807, 2.05) is 77.1 Å². The van der Waals surface area contributed by atoms with E-state index >= 15 is 0 Å². The van der Waals surface area contributed by atoms with Crippen molar-refractivity contribution in [3.8, 4) is 0 Å². The van der Waals surface area contributed by atoms with Crippen molar-refractivity contribution in [3.05, 3.63) is 71.3 Å². The van der Waals surface area contributed by atoms with Gasteiger partial charge in [-0.1, -0.05) is 49.1 Å². The first-order chi connectivity index (χ1) is 17.0. The molecule has 3 amide bonds. The molecule has 0 heterocycles. The van der Waals surface area contributed by atoms with E-state index in [1.54, 1.807) is 33.8 Å². The normalized spacial score (nSPS) is 13.2. The average molecular weight is 508 g/mol. The molecule has 0 aliphatic heterocycles. The van der Waals surface area contributed by atoms with E-state index in [2.05, 4.69) is 17.2 Å². The first-order valence-corrected chi connectivity index (χ1v) is 12.5. The number of carbonyl (C=O) groups excluding carboxylic acids is 3. The van der Waals surface area contributed by atoms with Crippen LogP contribution in [0.3, 0.4) is 0 Å². The van der Waals surface area contributed by atoms with Gasteiger partial charge in [-0.25, -0.2) is 4.79 Å². The minimum absolute atomic E-state index is 0.355. The van der Waals surface area contributed by atoms with Crippen molar-refractivity contribution in [2.75, 3.05) is 5.32 Å². The number of rotatable bonds is 7. The molecule has 7 heteroatoms. The van der Waals surface area contributed by atoms with Gasteiger partial charge in [-0.05, 0) is 90.6 Å². The lowest BCUT2D eigenvalue weighted by Crippen LogP contribution is -2.57. The number of hydrogen-bond donors (Lipinski definition) is 2. The number of alkyl carbamates (subject to hydrolysis) is 1. The summed E-state index contributed by atoms with van der Waals surface area (Å²) in [7, 11) is 0. The SMILES string of the molecule is C=Cc1cccc(C(C(=O)Nc2c(C)cccc2C)N(C(=O)C(C)NC(=O)OC(C)(C)C)C(C)(C)C)c1. The third kappa shape index (κ3) is 7.94. The van der Waals surface area contributed by atoms with Gasteiger partial charge in [0.05, 0.1) is 0 Å². The Morgan fingerprint density at radius 3 is 2.05 bits per heavy atom. The van der Waals surface area contributed by atoms with Gasteiger partial charge in [-0.3, -0.25) is 9.59 Å². The molecule has 0 aliphatic rings. The summed E-state index contributed by atoms with van der Waals surface area (Å²) in [6.45, 7) is 20.1. The molecule has 2 unspecified atom stereocenters. The van der Waals surface area contributed by atoms with Crippen LogP contribution in [0.4, 0.5) is 10.5 Å². The molecular weight excluding hydrogens is 466 g/mol. The minimum Gasteiger partial charge on any atom is -0.444 e. The summed E-state index contributed by atoms with van der Waals surface area (Å²) in [5.41, 5.74) is 2.51. The van der Waals surface area contributed by atoms with E-state index in [9.17, 15) is 14.4 Å². The van der Waals surface area contributed by atoms with Gasteiger partial charge in [0.1, 0.15) is 17.7 Å². The fourth-order valence-electron chi connectivity index (χ4n) is 4.08. The third-order valence-electron chi connectivity index (χ3n) is 5.76. The van der Waals surface area contributed by atoms with Crippen molar-refractivity contribution < 1.29 is 19.1 Å². The zero-order valence-electron chi connectivity index (χ0n) is 23.6. The van der Waals surface area contributed by atoms with Gasteiger partial charge in [0.15, 0.2) is 0 Å². The number of nitrogens with one attached hydrogen (secondary N) is 2. The van der Waals surface area contributed by atoms with Gasteiger partial charge in [-0.2, -0.15) is 0 Å². The second-order valence-corrected chi connectivity index (χ2v) is 11.3. The summed E-state index contributed by atoms with van der Waals surface area (Å²) in [5.74, 6) is -0.768. The molecular formula is C30H41N3O4. The Balaban J connectivity index is 2.57. The molecule has 7 nitrogen and oxygen atoms in total. The molecule has 2 aromatic carbocycles. The van der Waals surface area contributed by atoms with Crippen LogP contribution in [0, 0.1) is 13.8 Å². The standard InChI is InChI=1S/C30H41N3O4/c1-11-22-16-13-17-23(18-22)25(26(34)32-24-19(2)14-12-15-20(24)3)33(29(5,6)7)27(35)21(4)31-28(36)37-30(8,9)10/h11-18,21,25H,1H2,2-10H3,(H,31,36)(H,32,34). The average Bonchev–Trinajstić information content (AvgIpc) is 2.77. The lowest BCUT2D eigenvalue weighted by Gasteiger charge is -2.42. The molecule has 0 saturated heterocycles. The van der Waals surface area contributed by atoms with E-state index in [4.69, 9.17) is 4.74 Å². The van der Waals surface area contributed by atoms with Gasteiger partial charge >= 0.3 is 6.09 Å². The van der Waals surface area contributed by atoms with Gasteiger partial charge in [0.2, 0.25) is 5.91 Å². The van der Waals surface area contributed by atoms with Crippen molar-refractivity contribution >= 4 is 29.7 Å². The van der Waals surface area contributed by atoms with Crippen LogP contribution in [0.15, 0.2) is 49.0 Å². The van der Waals surface area contributed by atoms with Crippen LogP contribution >= 0.6 is 0 Å². The predicted molar refractivity (Wildman–Crippen MR) is 149 cm³/mol. The highest BCUT2D eigenvalue weighted by Crippen LogP contribution is 2.32. The van der Waals surface area contributed by atoms with Crippen LogP contribution in [0.25, 0.3) is 6.08 Å². The summed E-state index contributed by atoms with van der Waals surface area (Å²) < 4.78 is 5.34. The lowest BCUT2D eigenvalue weighted by molar-refractivity contribution is -0.146. The molecule has 0 fully saturated rings. The van der Waals surface area contributed by atoms with Crippen molar-refractivity contribution in [3.63, 3.8) is 0 Å². The summed E-state index contributed by atoms with van der Waals surface area (Å²) in [6.07, 6.45) is 0.993. The Kier molecular flexibility index (Phi) is 9.31. The maximum atomic E-state index is 14.0. The Morgan fingerprint density at radius 1 is 0.973 bits per heavy atom. The first kappa shape index (κ1) is 29.6. The van der Waals surface area contributed by atoms with Gasteiger partial charge in [-0.15, -0.1) is 0 Å². The lowest BCUT2D eigenvalue weighted by atomic mass is 9.94. The quantitative estimate of drug-likeness (QED) is 0.469. The van der Waals surface area contributed by atoms with Crippen LogP contribution in [0.1, 0.15) is 76.8 Å². The molecule has 0 aromatic heterocycles. The first-order valence-electron chi connectivity index (χ1n) is 12.5. The molecule has 0 spiro atoms. The molecule has 0 aliphatic carbocycles. The van der Waals surface area contributed by atoms with Gasteiger partial charge in [0, 0.05) is 11.2 Å². The van der Waals surface area contributed by atoms with E-state index in [1.165, 1.54) is 4.90 Å². The number of benzene rings is 2. The molecule has 37 heavy (non-hydrogen) atoms. The highest BCUT2D eigenvalue weighted by molar-refractivity contribution is 6.00. The zero-order valence-corrected chi connectivity index (χ0v) is 23.6. The third-order valence-corrected chi connectivity index (χ3v) is 5.76. The van der Waals surface area contributed by atoms with Crippen molar-refractivity contribution in [1.29, 1.82) is 0 Å². The fourth-order valence-corrected chi connectivity index (χ4v) is 4.08. The minimum atomic E-state index is -0.978. The van der Waals surface area contributed by atoms with Crippen LogP contribution in [0.5, 0.6) is 0 Å². The molecule has 2 rings (SSSR count). The molecule has 0 radical (unpaired) electrons. The fraction of sp³-hybridized carbons (Fsp3) is 0.433. The highest BCUT2D eigenvalue weighted by atomic mass is 16.6. The second kappa shape index (κ2) is 11.6. The van der Waals surface area contributed by atoms with Crippen LogP contribution in [-0.2, 0) is 14.3 Å². The molecule has 200 valence electrons. The number of nitrogens with zero attached hydrogens (tertiary/aromatic N) is 1. The van der Waals surface area contributed by atoms with Crippen molar-refractivity contribution in [2.24, 2.45) is 0 Å². The highest BCUT2D eigenvalue weighted by Gasteiger charge is 2.41. The van der Waals surface area contributed by atoms with Crippen molar-refractivity contribution in [1.82, 2.24) is 10.2 Å². The number of ether oxygens (including phenoxy) is 1. The van der Waals surface area contributed by atoms with Crippen LogP contribution in [0.2, 0.25) is 0 Å². The number of aryl methyl sites for hydroxylation is 2.